The fourth-order valence-electron chi connectivity index (χ4n) is 3.74. The number of aryl methyl sites for hydroxylation is 3. The highest BCUT2D eigenvalue weighted by Gasteiger charge is 2.20. The van der Waals surface area contributed by atoms with Crippen LogP contribution in [0.15, 0.2) is 72.8 Å². The van der Waals surface area contributed by atoms with E-state index in [2.05, 4.69) is 0 Å². The quantitative estimate of drug-likeness (QED) is 0.303. The molecule has 33 heavy (non-hydrogen) atoms. The van der Waals surface area contributed by atoms with E-state index in [1.54, 1.807) is 29.2 Å². The van der Waals surface area contributed by atoms with Crippen molar-refractivity contribution in [3.8, 4) is 28.7 Å². The average Bonchev–Trinajstić information content (AvgIpc) is 2.79. The summed E-state index contributed by atoms with van der Waals surface area (Å²) in [4.78, 5) is 1.79. The van der Waals surface area contributed by atoms with Crippen molar-refractivity contribution < 1.29 is 20.1 Å². The molecule has 4 rings (SSSR count). The summed E-state index contributed by atoms with van der Waals surface area (Å²) < 4.78 is 6.09. The zero-order valence-corrected chi connectivity index (χ0v) is 19.1. The van der Waals surface area contributed by atoms with Gasteiger partial charge in [-0.05, 0) is 92.4 Å². The molecule has 0 saturated carbocycles. The van der Waals surface area contributed by atoms with Gasteiger partial charge in [0.05, 0.1) is 17.1 Å². The molecule has 0 atom stereocenters. The number of phenols is 3. The van der Waals surface area contributed by atoms with Gasteiger partial charge in [0.25, 0.3) is 0 Å². The third-order valence-electron chi connectivity index (χ3n) is 5.70. The molecule has 0 aliphatic carbocycles. The van der Waals surface area contributed by atoms with Crippen LogP contribution < -0.4 is 9.64 Å². The molecule has 0 heterocycles. The van der Waals surface area contributed by atoms with Gasteiger partial charge in [-0.3, -0.25) is 0 Å². The van der Waals surface area contributed by atoms with Gasteiger partial charge in [-0.15, -0.1) is 0 Å². The summed E-state index contributed by atoms with van der Waals surface area (Å²) >= 11 is 0. The Bertz CT molecular complexity index is 1280. The standard InChI is InChI=1S/C28H27NO4/c1-17-8-11-25(30)23(14-17)29(24-15-18(2)9-12-26(24)31)21-6-5-7-22(16-21)33-28-20(4)19(3)10-13-27(28)32/h5-16,30-32H,1-4H3. The summed E-state index contributed by atoms with van der Waals surface area (Å²) in [5.74, 6) is 1.14. The van der Waals surface area contributed by atoms with Crippen molar-refractivity contribution >= 4 is 17.1 Å². The van der Waals surface area contributed by atoms with Gasteiger partial charge in [-0.1, -0.05) is 24.3 Å². The van der Waals surface area contributed by atoms with Gasteiger partial charge in [0.1, 0.15) is 17.2 Å². The lowest BCUT2D eigenvalue weighted by Crippen LogP contribution is -2.11. The summed E-state index contributed by atoms with van der Waals surface area (Å²) in [6, 6.07) is 21.4. The minimum absolute atomic E-state index is 0.0630. The number of phenolic OH excluding ortho intramolecular Hbond substituents is 3. The lowest BCUT2D eigenvalue weighted by atomic mass is 10.1. The van der Waals surface area contributed by atoms with Crippen molar-refractivity contribution in [3.05, 3.63) is 95.1 Å². The van der Waals surface area contributed by atoms with Crippen molar-refractivity contribution in [2.24, 2.45) is 0 Å². The topological polar surface area (TPSA) is 73.2 Å². The van der Waals surface area contributed by atoms with Crippen LogP contribution in [-0.4, -0.2) is 15.3 Å². The van der Waals surface area contributed by atoms with E-state index in [1.807, 2.05) is 76.2 Å². The first-order chi connectivity index (χ1) is 15.7. The SMILES string of the molecule is Cc1ccc(O)c(N(c2cccc(Oc3c(O)ccc(C)c3C)c2)c2cc(C)ccc2O)c1. The highest BCUT2D eigenvalue weighted by atomic mass is 16.5. The predicted octanol–water partition coefficient (Wildman–Crippen LogP) is 7.30. The normalized spacial score (nSPS) is 10.8. The van der Waals surface area contributed by atoms with Crippen LogP contribution in [0.5, 0.6) is 28.7 Å². The van der Waals surface area contributed by atoms with E-state index in [-0.39, 0.29) is 17.2 Å². The lowest BCUT2D eigenvalue weighted by molar-refractivity contribution is 0.408. The molecule has 4 aromatic carbocycles. The second-order valence-corrected chi connectivity index (χ2v) is 8.27. The molecule has 0 aliphatic rings. The first kappa shape index (κ1) is 22.1. The Labute approximate surface area is 193 Å². The van der Waals surface area contributed by atoms with E-state index in [4.69, 9.17) is 4.74 Å². The Hall–Kier alpha value is -4.12. The number of nitrogens with zero attached hydrogens (tertiary/aromatic N) is 1. The zero-order valence-electron chi connectivity index (χ0n) is 19.1. The first-order valence-electron chi connectivity index (χ1n) is 10.7. The summed E-state index contributed by atoms with van der Waals surface area (Å²) in [5.41, 5.74) is 5.53. The predicted molar refractivity (Wildman–Crippen MR) is 132 cm³/mol. The van der Waals surface area contributed by atoms with E-state index in [0.29, 0.717) is 28.6 Å². The minimum atomic E-state index is 0.0630. The van der Waals surface area contributed by atoms with Crippen LogP contribution in [-0.2, 0) is 0 Å². The summed E-state index contributed by atoms with van der Waals surface area (Å²) in [6.07, 6.45) is 0. The van der Waals surface area contributed by atoms with E-state index in [9.17, 15) is 15.3 Å². The molecule has 0 radical (unpaired) electrons. The molecule has 0 spiro atoms. The van der Waals surface area contributed by atoms with Crippen LogP contribution in [0, 0.1) is 27.7 Å². The number of benzene rings is 4. The van der Waals surface area contributed by atoms with Crippen molar-refractivity contribution in [2.75, 3.05) is 4.90 Å². The van der Waals surface area contributed by atoms with Gasteiger partial charge in [0.2, 0.25) is 0 Å². The first-order valence-corrected chi connectivity index (χ1v) is 10.7. The van der Waals surface area contributed by atoms with E-state index >= 15 is 0 Å². The maximum atomic E-state index is 10.7. The number of aromatic hydroxyl groups is 3. The minimum Gasteiger partial charge on any atom is -0.506 e. The largest absolute Gasteiger partial charge is 0.506 e. The molecule has 0 saturated heterocycles. The van der Waals surface area contributed by atoms with Crippen molar-refractivity contribution in [1.29, 1.82) is 0 Å². The number of anilines is 3. The Balaban J connectivity index is 1.86. The number of hydrogen-bond donors (Lipinski definition) is 3. The summed E-state index contributed by atoms with van der Waals surface area (Å²) in [7, 11) is 0. The van der Waals surface area contributed by atoms with Crippen LogP contribution >= 0.6 is 0 Å². The third kappa shape index (κ3) is 4.44. The second kappa shape index (κ2) is 8.79. The van der Waals surface area contributed by atoms with Crippen LogP contribution in [0.25, 0.3) is 0 Å². The highest BCUT2D eigenvalue weighted by Crippen LogP contribution is 2.45. The smallest absolute Gasteiger partial charge is 0.172 e. The molecule has 0 unspecified atom stereocenters. The Morgan fingerprint density at radius 2 is 1.21 bits per heavy atom. The molecule has 0 aliphatic heterocycles. The maximum Gasteiger partial charge on any atom is 0.172 e. The molecule has 0 fully saturated rings. The van der Waals surface area contributed by atoms with Gasteiger partial charge >= 0.3 is 0 Å². The average molecular weight is 442 g/mol. The van der Waals surface area contributed by atoms with Gasteiger partial charge in [0.15, 0.2) is 11.5 Å². The number of hydrogen-bond acceptors (Lipinski definition) is 5. The number of rotatable bonds is 5. The van der Waals surface area contributed by atoms with Crippen molar-refractivity contribution in [1.82, 2.24) is 0 Å². The summed E-state index contributed by atoms with van der Waals surface area (Å²) in [6.45, 7) is 7.75. The van der Waals surface area contributed by atoms with Crippen LogP contribution in [0.4, 0.5) is 17.1 Å². The van der Waals surface area contributed by atoms with Gasteiger partial charge in [-0.2, -0.15) is 0 Å². The Kier molecular flexibility index (Phi) is 5.88. The number of ether oxygens (including phenoxy) is 1. The molecular weight excluding hydrogens is 414 g/mol. The summed E-state index contributed by atoms with van der Waals surface area (Å²) in [5, 5.41) is 31.8. The molecule has 0 amide bonds. The maximum absolute atomic E-state index is 10.7. The molecule has 0 bridgehead atoms. The van der Waals surface area contributed by atoms with Crippen molar-refractivity contribution in [2.45, 2.75) is 27.7 Å². The van der Waals surface area contributed by atoms with Gasteiger partial charge < -0.3 is 25.0 Å². The monoisotopic (exact) mass is 441 g/mol. The second-order valence-electron chi connectivity index (χ2n) is 8.27. The van der Waals surface area contributed by atoms with E-state index in [0.717, 1.165) is 22.3 Å². The van der Waals surface area contributed by atoms with Crippen molar-refractivity contribution in [3.63, 3.8) is 0 Å². The molecule has 168 valence electrons. The highest BCUT2D eigenvalue weighted by molar-refractivity contribution is 5.83. The zero-order chi connectivity index (χ0) is 23.7. The molecule has 0 aromatic heterocycles. The Morgan fingerprint density at radius 3 is 1.82 bits per heavy atom. The van der Waals surface area contributed by atoms with Gasteiger partial charge in [-0.25, -0.2) is 0 Å². The fourth-order valence-corrected chi connectivity index (χ4v) is 3.74. The van der Waals surface area contributed by atoms with Crippen LogP contribution in [0.2, 0.25) is 0 Å². The molecule has 5 nitrogen and oxygen atoms in total. The van der Waals surface area contributed by atoms with Crippen LogP contribution in [0.3, 0.4) is 0 Å². The Morgan fingerprint density at radius 1 is 0.636 bits per heavy atom. The fraction of sp³-hybridized carbons (Fsp3) is 0.143. The molecule has 5 heteroatoms. The third-order valence-corrected chi connectivity index (χ3v) is 5.70. The molecular formula is C28H27NO4. The molecule has 3 N–H and O–H groups in total. The van der Waals surface area contributed by atoms with Crippen LogP contribution in [0.1, 0.15) is 22.3 Å². The van der Waals surface area contributed by atoms with Gasteiger partial charge in [0, 0.05) is 6.07 Å². The van der Waals surface area contributed by atoms with E-state index < -0.39 is 0 Å². The van der Waals surface area contributed by atoms with E-state index in [1.165, 1.54) is 0 Å². The molecule has 4 aromatic rings. The lowest BCUT2D eigenvalue weighted by Gasteiger charge is -2.27.